The third-order valence-electron chi connectivity index (χ3n) is 3.37. The van der Waals surface area contributed by atoms with Gasteiger partial charge in [0, 0.05) is 32.4 Å². The number of carbonyl (C=O) groups excluding carboxylic acids is 1. The molecule has 10 nitrogen and oxygen atoms in total. The summed E-state index contributed by atoms with van der Waals surface area (Å²) in [6.07, 6.45) is 4.18. The molecule has 2 aromatic rings. The minimum atomic E-state index is -3.64. The van der Waals surface area contributed by atoms with Gasteiger partial charge < -0.3 is 4.90 Å². The maximum absolute atomic E-state index is 12.3. The molecule has 1 fully saturated rings. The highest BCUT2D eigenvalue weighted by Gasteiger charge is 2.29. The summed E-state index contributed by atoms with van der Waals surface area (Å²) in [5.74, 6) is -0.617. The number of piperazine rings is 1. The van der Waals surface area contributed by atoms with Crippen LogP contribution in [0.3, 0.4) is 0 Å². The molecule has 0 atom stereocenters. The Morgan fingerprint density at radius 2 is 2.04 bits per heavy atom. The molecule has 0 radical (unpaired) electrons. The van der Waals surface area contributed by atoms with Crippen molar-refractivity contribution < 1.29 is 18.4 Å². The number of thiazole rings is 1. The van der Waals surface area contributed by atoms with Crippen LogP contribution in [0, 0.1) is 0 Å². The molecule has 3 rings (SSSR count). The summed E-state index contributed by atoms with van der Waals surface area (Å²) in [5.41, 5.74) is 1.56. The number of rotatable bonds is 4. The van der Waals surface area contributed by atoms with E-state index in [1.54, 1.807) is 11.5 Å². The molecule has 0 bridgehead atoms. The predicted molar refractivity (Wildman–Crippen MR) is 81.7 cm³/mol. The van der Waals surface area contributed by atoms with Crippen molar-refractivity contribution in [3.05, 3.63) is 29.5 Å². The monoisotopic (exact) mass is 358 g/mol. The van der Waals surface area contributed by atoms with Gasteiger partial charge in [0.1, 0.15) is 4.88 Å². The van der Waals surface area contributed by atoms with E-state index in [0.717, 1.165) is 15.4 Å². The smallest absolute Gasteiger partial charge is 0.323 e. The van der Waals surface area contributed by atoms with Crippen molar-refractivity contribution in [1.29, 1.82) is 0 Å². The molecule has 2 N–H and O–H groups in total. The first-order chi connectivity index (χ1) is 11.0. The van der Waals surface area contributed by atoms with Gasteiger partial charge >= 0.3 is 10.2 Å². The van der Waals surface area contributed by atoms with Crippen molar-refractivity contribution >= 4 is 32.6 Å². The molecule has 1 amide bonds. The Bertz CT molecular complexity index is 779. The standard InChI is InChI=1S/C11H14N6O4S2/c18-10(14-19)9-8-12-11(22-9)15-4-6-16(7-5-15)23(20,21)17-3-1-2-13-17/h1-3,8,19H,4-7H2,(H,14,18). The van der Waals surface area contributed by atoms with Crippen LogP contribution < -0.4 is 10.4 Å². The van der Waals surface area contributed by atoms with Gasteiger partial charge in [-0.05, 0) is 6.07 Å². The molecular formula is C11H14N6O4S2. The molecule has 1 aliphatic rings. The normalized spacial score (nSPS) is 16.5. The largest absolute Gasteiger partial charge is 0.345 e. The summed E-state index contributed by atoms with van der Waals surface area (Å²) < 4.78 is 27.0. The molecule has 2 aromatic heterocycles. The van der Waals surface area contributed by atoms with Gasteiger partial charge in [-0.1, -0.05) is 11.3 Å². The van der Waals surface area contributed by atoms with E-state index in [4.69, 9.17) is 5.21 Å². The maximum atomic E-state index is 12.3. The first-order valence-corrected chi connectivity index (χ1v) is 8.89. The lowest BCUT2D eigenvalue weighted by Gasteiger charge is -2.33. The molecule has 0 spiro atoms. The highest BCUT2D eigenvalue weighted by atomic mass is 32.2. The lowest BCUT2D eigenvalue weighted by Crippen LogP contribution is -2.50. The summed E-state index contributed by atoms with van der Waals surface area (Å²) in [7, 11) is -3.64. The van der Waals surface area contributed by atoms with Crippen LogP contribution in [-0.4, -0.2) is 64.2 Å². The minimum absolute atomic E-state index is 0.286. The molecule has 12 heteroatoms. The van der Waals surface area contributed by atoms with Gasteiger partial charge in [-0.3, -0.25) is 10.0 Å². The molecule has 1 aliphatic heterocycles. The van der Waals surface area contributed by atoms with Crippen LogP contribution in [0.4, 0.5) is 5.13 Å². The summed E-state index contributed by atoms with van der Waals surface area (Å²) in [4.78, 5) is 17.6. The number of nitrogens with one attached hydrogen (secondary N) is 1. The fraction of sp³-hybridized carbons (Fsp3) is 0.364. The van der Waals surface area contributed by atoms with Crippen LogP contribution in [0.25, 0.3) is 0 Å². The van der Waals surface area contributed by atoms with E-state index in [1.165, 1.54) is 22.9 Å². The Balaban J connectivity index is 1.67. The average molecular weight is 358 g/mol. The van der Waals surface area contributed by atoms with Gasteiger partial charge in [0.2, 0.25) is 0 Å². The van der Waals surface area contributed by atoms with Crippen molar-refractivity contribution in [3.8, 4) is 0 Å². The average Bonchev–Trinajstić information content (AvgIpc) is 3.26. The molecule has 0 aliphatic carbocycles. The van der Waals surface area contributed by atoms with Gasteiger partial charge in [-0.2, -0.15) is 21.9 Å². The van der Waals surface area contributed by atoms with Gasteiger partial charge in [-0.25, -0.2) is 10.5 Å². The number of anilines is 1. The third kappa shape index (κ3) is 3.06. The predicted octanol–water partition coefficient (Wildman–Crippen LogP) is -0.626. The number of aromatic nitrogens is 3. The molecule has 0 unspecified atom stereocenters. The van der Waals surface area contributed by atoms with Crippen LogP contribution in [-0.2, 0) is 10.2 Å². The fourth-order valence-electron chi connectivity index (χ4n) is 2.19. The Hall–Kier alpha value is -2.02. The zero-order valence-electron chi connectivity index (χ0n) is 11.9. The zero-order chi connectivity index (χ0) is 16.4. The maximum Gasteiger partial charge on any atom is 0.323 e. The van der Waals surface area contributed by atoms with E-state index in [-0.39, 0.29) is 4.88 Å². The van der Waals surface area contributed by atoms with E-state index in [0.29, 0.717) is 31.3 Å². The summed E-state index contributed by atoms with van der Waals surface area (Å²) in [6, 6.07) is 1.55. The highest BCUT2D eigenvalue weighted by Crippen LogP contribution is 2.24. The van der Waals surface area contributed by atoms with Crippen LogP contribution >= 0.6 is 11.3 Å². The lowest BCUT2D eigenvalue weighted by atomic mass is 10.4. The van der Waals surface area contributed by atoms with Crippen LogP contribution in [0.15, 0.2) is 24.7 Å². The lowest BCUT2D eigenvalue weighted by molar-refractivity contribution is 0.0710. The number of hydrogen-bond donors (Lipinski definition) is 2. The van der Waals surface area contributed by atoms with Gasteiger partial charge in [0.05, 0.1) is 12.4 Å². The van der Waals surface area contributed by atoms with Crippen molar-refractivity contribution in [1.82, 2.24) is 24.0 Å². The van der Waals surface area contributed by atoms with Crippen molar-refractivity contribution in [2.75, 3.05) is 31.1 Å². The first kappa shape index (κ1) is 15.9. The van der Waals surface area contributed by atoms with Crippen molar-refractivity contribution in [3.63, 3.8) is 0 Å². The van der Waals surface area contributed by atoms with Crippen molar-refractivity contribution in [2.45, 2.75) is 0 Å². The minimum Gasteiger partial charge on any atom is -0.345 e. The second-order valence-corrected chi connectivity index (χ2v) is 7.52. The van der Waals surface area contributed by atoms with Gasteiger partial charge in [-0.15, -0.1) is 0 Å². The van der Waals surface area contributed by atoms with Gasteiger partial charge in [0.25, 0.3) is 5.91 Å². The second-order valence-electron chi connectivity index (χ2n) is 4.72. The summed E-state index contributed by atoms with van der Waals surface area (Å²) in [6.45, 7) is 1.50. The molecule has 3 heterocycles. The number of carbonyl (C=O) groups is 1. The number of hydroxylamine groups is 1. The molecule has 124 valence electrons. The Kier molecular flexibility index (Phi) is 4.30. The third-order valence-corrected chi connectivity index (χ3v) is 6.13. The highest BCUT2D eigenvalue weighted by molar-refractivity contribution is 7.87. The van der Waals surface area contributed by atoms with E-state index < -0.39 is 16.1 Å². The molecule has 1 saturated heterocycles. The quantitative estimate of drug-likeness (QED) is 0.551. The first-order valence-electron chi connectivity index (χ1n) is 6.68. The molecule has 0 saturated carbocycles. The summed E-state index contributed by atoms with van der Waals surface area (Å²) >= 11 is 1.14. The van der Waals surface area contributed by atoms with E-state index in [1.807, 2.05) is 4.90 Å². The van der Waals surface area contributed by atoms with E-state index in [9.17, 15) is 13.2 Å². The Morgan fingerprint density at radius 3 is 2.65 bits per heavy atom. The Morgan fingerprint density at radius 1 is 1.30 bits per heavy atom. The topological polar surface area (TPSA) is 121 Å². The molecule has 0 aromatic carbocycles. The molecule has 23 heavy (non-hydrogen) atoms. The number of nitrogens with zero attached hydrogens (tertiary/aromatic N) is 5. The van der Waals surface area contributed by atoms with E-state index >= 15 is 0 Å². The fourth-order valence-corrected chi connectivity index (χ4v) is 4.31. The van der Waals surface area contributed by atoms with Gasteiger partial charge in [0.15, 0.2) is 5.13 Å². The second kappa shape index (κ2) is 6.23. The van der Waals surface area contributed by atoms with Crippen molar-refractivity contribution in [2.24, 2.45) is 0 Å². The summed E-state index contributed by atoms with van der Waals surface area (Å²) in [5, 5.41) is 13.0. The SMILES string of the molecule is O=C(NO)c1cnc(N2CCN(S(=O)(=O)n3cccn3)CC2)s1. The molecular weight excluding hydrogens is 344 g/mol. The van der Waals surface area contributed by atoms with Crippen LogP contribution in [0.5, 0.6) is 0 Å². The van der Waals surface area contributed by atoms with E-state index in [2.05, 4.69) is 10.1 Å². The van der Waals surface area contributed by atoms with Crippen LogP contribution in [0.2, 0.25) is 0 Å². The van der Waals surface area contributed by atoms with Crippen LogP contribution in [0.1, 0.15) is 9.67 Å². The Labute approximate surface area is 136 Å². The number of amides is 1. The number of hydrogen-bond acceptors (Lipinski definition) is 8. The zero-order valence-corrected chi connectivity index (χ0v) is 13.5.